The third-order valence-electron chi connectivity index (χ3n) is 1.77. The lowest BCUT2D eigenvalue weighted by Gasteiger charge is -2.05. The highest BCUT2D eigenvalue weighted by atomic mass is 32.2. The third-order valence-corrected chi connectivity index (χ3v) is 3.25. The Morgan fingerprint density at radius 3 is 2.08 bits per heavy atom. The van der Waals surface area contributed by atoms with Gasteiger partial charge in [-0.05, 0) is 29.8 Å². The quantitative estimate of drug-likeness (QED) is 0.540. The number of hydrogen-bond donors (Lipinski definition) is 0. The van der Waals surface area contributed by atoms with Crippen molar-refractivity contribution in [1.29, 1.82) is 0 Å². The smallest absolute Gasteiger partial charge is 0.00444 e. The Bertz CT molecular complexity index is 75.0. The maximum atomic E-state index is 2.31. The zero-order valence-corrected chi connectivity index (χ0v) is 9.91. The van der Waals surface area contributed by atoms with Crippen molar-refractivity contribution in [2.75, 3.05) is 11.5 Å². The maximum Gasteiger partial charge on any atom is -0.00444 e. The van der Waals surface area contributed by atoms with E-state index in [0.717, 1.165) is 11.8 Å². The molecular formula is C11H24S. The normalized spacial score (nSPS) is 11.5. The first kappa shape index (κ1) is 12.3. The summed E-state index contributed by atoms with van der Waals surface area (Å²) in [5.74, 6) is 4.45. The van der Waals surface area contributed by atoms with Crippen molar-refractivity contribution in [3.63, 3.8) is 0 Å². The maximum absolute atomic E-state index is 2.31. The van der Waals surface area contributed by atoms with Crippen LogP contribution in [0.3, 0.4) is 0 Å². The second-order valence-corrected chi connectivity index (χ2v) is 5.51. The van der Waals surface area contributed by atoms with Gasteiger partial charge in [0, 0.05) is 0 Å². The van der Waals surface area contributed by atoms with E-state index < -0.39 is 0 Å². The van der Waals surface area contributed by atoms with E-state index in [1.807, 2.05) is 0 Å². The van der Waals surface area contributed by atoms with E-state index in [2.05, 4.69) is 39.5 Å². The van der Waals surface area contributed by atoms with Crippen molar-refractivity contribution < 1.29 is 0 Å². The highest BCUT2D eigenvalue weighted by molar-refractivity contribution is 7.99. The van der Waals surface area contributed by atoms with Gasteiger partial charge in [-0.1, -0.05) is 40.5 Å². The topological polar surface area (TPSA) is 0 Å². The van der Waals surface area contributed by atoms with Crippen molar-refractivity contribution in [2.24, 2.45) is 11.8 Å². The van der Waals surface area contributed by atoms with Crippen LogP contribution >= 0.6 is 11.8 Å². The molecule has 74 valence electrons. The number of thioether (sulfide) groups is 1. The summed E-state index contributed by atoms with van der Waals surface area (Å²) in [5, 5.41) is 0. The second kappa shape index (κ2) is 7.97. The standard InChI is InChI=1S/C11H24S/c1-10(2)7-5-6-8-12-9-11(3)4/h10-11H,5-9H2,1-4H3. The first-order chi connectivity index (χ1) is 5.63. The van der Waals surface area contributed by atoms with Crippen LogP contribution in [-0.4, -0.2) is 11.5 Å². The summed E-state index contributed by atoms with van der Waals surface area (Å²) in [5.41, 5.74) is 0. The van der Waals surface area contributed by atoms with E-state index in [0.29, 0.717) is 0 Å². The van der Waals surface area contributed by atoms with Crippen LogP contribution in [0.15, 0.2) is 0 Å². The van der Waals surface area contributed by atoms with E-state index in [1.165, 1.54) is 30.8 Å². The molecular weight excluding hydrogens is 164 g/mol. The molecule has 0 aromatic heterocycles. The van der Waals surface area contributed by atoms with Gasteiger partial charge in [0.25, 0.3) is 0 Å². The Morgan fingerprint density at radius 1 is 0.917 bits per heavy atom. The minimum absolute atomic E-state index is 0.861. The molecule has 0 nitrogen and oxygen atoms in total. The molecule has 0 saturated heterocycles. The second-order valence-electron chi connectivity index (χ2n) is 4.36. The Labute approximate surface area is 82.5 Å². The van der Waals surface area contributed by atoms with Gasteiger partial charge in [0.15, 0.2) is 0 Å². The first-order valence-electron chi connectivity index (χ1n) is 5.20. The van der Waals surface area contributed by atoms with Gasteiger partial charge in [0.1, 0.15) is 0 Å². The first-order valence-corrected chi connectivity index (χ1v) is 6.36. The summed E-state index contributed by atoms with van der Waals surface area (Å²) in [7, 11) is 0. The van der Waals surface area contributed by atoms with Gasteiger partial charge in [0.05, 0.1) is 0 Å². The summed E-state index contributed by atoms with van der Waals surface area (Å²) in [6.45, 7) is 9.20. The zero-order chi connectivity index (χ0) is 9.40. The largest absolute Gasteiger partial charge is 0.162 e. The fourth-order valence-electron chi connectivity index (χ4n) is 1.08. The molecule has 0 aromatic carbocycles. The molecule has 0 aliphatic carbocycles. The van der Waals surface area contributed by atoms with Gasteiger partial charge in [-0.25, -0.2) is 0 Å². The molecule has 0 saturated carbocycles. The monoisotopic (exact) mass is 188 g/mol. The van der Waals surface area contributed by atoms with E-state index in [4.69, 9.17) is 0 Å². The van der Waals surface area contributed by atoms with Gasteiger partial charge in [0.2, 0.25) is 0 Å². The molecule has 0 fully saturated rings. The van der Waals surface area contributed by atoms with Gasteiger partial charge in [-0.3, -0.25) is 0 Å². The number of rotatable bonds is 7. The molecule has 0 atom stereocenters. The molecule has 1 heteroatoms. The average molecular weight is 188 g/mol. The van der Waals surface area contributed by atoms with Crippen molar-refractivity contribution in [2.45, 2.75) is 47.0 Å². The van der Waals surface area contributed by atoms with Crippen molar-refractivity contribution in [1.82, 2.24) is 0 Å². The van der Waals surface area contributed by atoms with Gasteiger partial charge in [-0.2, -0.15) is 11.8 Å². The Balaban J connectivity index is 2.91. The third kappa shape index (κ3) is 10.3. The molecule has 0 aliphatic rings. The molecule has 0 unspecified atom stereocenters. The fourth-order valence-corrected chi connectivity index (χ4v) is 2.12. The predicted molar refractivity (Wildman–Crippen MR) is 60.9 cm³/mol. The van der Waals surface area contributed by atoms with Crippen LogP contribution in [0, 0.1) is 11.8 Å². The Morgan fingerprint density at radius 2 is 1.58 bits per heavy atom. The minimum Gasteiger partial charge on any atom is -0.162 e. The van der Waals surface area contributed by atoms with E-state index in [9.17, 15) is 0 Å². The number of unbranched alkanes of at least 4 members (excludes halogenated alkanes) is 1. The molecule has 0 heterocycles. The highest BCUT2D eigenvalue weighted by Crippen LogP contribution is 2.12. The number of hydrogen-bond acceptors (Lipinski definition) is 1. The Kier molecular flexibility index (Phi) is 8.20. The van der Waals surface area contributed by atoms with Crippen molar-refractivity contribution in [3.05, 3.63) is 0 Å². The van der Waals surface area contributed by atoms with Crippen LogP contribution in [0.4, 0.5) is 0 Å². The Hall–Kier alpha value is 0.350. The molecule has 0 aromatic rings. The van der Waals surface area contributed by atoms with Crippen LogP contribution in [0.5, 0.6) is 0 Å². The SMILES string of the molecule is CC(C)CCCCSCC(C)C. The van der Waals surface area contributed by atoms with Crippen LogP contribution in [0.25, 0.3) is 0 Å². The summed E-state index contributed by atoms with van der Waals surface area (Å²) in [4.78, 5) is 0. The van der Waals surface area contributed by atoms with Gasteiger partial charge in [-0.15, -0.1) is 0 Å². The van der Waals surface area contributed by atoms with E-state index in [-0.39, 0.29) is 0 Å². The van der Waals surface area contributed by atoms with Gasteiger partial charge < -0.3 is 0 Å². The lowest BCUT2D eigenvalue weighted by atomic mass is 10.1. The molecule has 0 aliphatic heterocycles. The summed E-state index contributed by atoms with van der Waals surface area (Å²) in [6.07, 6.45) is 4.24. The molecule has 0 bridgehead atoms. The minimum atomic E-state index is 0.861. The van der Waals surface area contributed by atoms with Crippen LogP contribution in [-0.2, 0) is 0 Å². The molecule has 0 radical (unpaired) electrons. The predicted octanol–water partition coefficient (Wildman–Crippen LogP) is 4.20. The lowest BCUT2D eigenvalue weighted by molar-refractivity contribution is 0.551. The van der Waals surface area contributed by atoms with E-state index in [1.54, 1.807) is 0 Å². The summed E-state index contributed by atoms with van der Waals surface area (Å²) >= 11 is 2.11. The zero-order valence-electron chi connectivity index (χ0n) is 9.10. The molecule has 0 rings (SSSR count). The fraction of sp³-hybridized carbons (Fsp3) is 1.00. The molecule has 12 heavy (non-hydrogen) atoms. The van der Waals surface area contributed by atoms with E-state index >= 15 is 0 Å². The summed E-state index contributed by atoms with van der Waals surface area (Å²) < 4.78 is 0. The highest BCUT2D eigenvalue weighted by Gasteiger charge is 1.96. The van der Waals surface area contributed by atoms with Crippen LogP contribution in [0.2, 0.25) is 0 Å². The lowest BCUT2D eigenvalue weighted by Crippen LogP contribution is -1.93. The molecule has 0 spiro atoms. The van der Waals surface area contributed by atoms with Gasteiger partial charge >= 0.3 is 0 Å². The van der Waals surface area contributed by atoms with Crippen molar-refractivity contribution >= 4 is 11.8 Å². The summed E-state index contributed by atoms with van der Waals surface area (Å²) in [6, 6.07) is 0. The van der Waals surface area contributed by atoms with Crippen LogP contribution < -0.4 is 0 Å². The average Bonchev–Trinajstić information content (AvgIpc) is 1.95. The van der Waals surface area contributed by atoms with Crippen LogP contribution in [0.1, 0.15) is 47.0 Å². The molecule has 0 N–H and O–H groups in total. The molecule has 0 amide bonds. The van der Waals surface area contributed by atoms with Crippen molar-refractivity contribution in [3.8, 4) is 0 Å².